The molecule has 0 aliphatic carbocycles. The van der Waals surface area contributed by atoms with Crippen molar-refractivity contribution in [3.63, 3.8) is 0 Å². The van der Waals surface area contributed by atoms with Crippen LogP contribution in [0.15, 0.2) is 102 Å². The largest absolute Gasteiger partial charge is 0.497 e. The number of non-ortho nitro benzene ring substituents is 1. The molecular weight excluding hydrogens is 570 g/mol. The molecule has 0 unspecified atom stereocenters. The minimum absolute atomic E-state index is 0. The first-order chi connectivity index (χ1) is 15.9. The average Bonchev–Trinajstić information content (AvgIpc) is 2.86. The Morgan fingerprint density at radius 2 is 1.57 bits per heavy atom. The number of benzene rings is 2. The zero-order chi connectivity index (χ0) is 23.7. The summed E-state index contributed by atoms with van der Waals surface area (Å²) in [7, 11) is -2.43. The number of hydrogen-bond donors (Lipinski definition) is 1. The van der Waals surface area contributed by atoms with Crippen LogP contribution in [-0.2, 0) is 30.4 Å². The van der Waals surface area contributed by atoms with Crippen LogP contribution >= 0.6 is 0 Å². The van der Waals surface area contributed by atoms with E-state index in [2.05, 4.69) is 14.7 Å². The molecule has 0 saturated heterocycles. The van der Waals surface area contributed by atoms with Crippen molar-refractivity contribution in [1.82, 2.24) is 9.97 Å². The van der Waals surface area contributed by atoms with Crippen molar-refractivity contribution in [1.29, 1.82) is 0 Å². The molecule has 0 atom stereocenters. The van der Waals surface area contributed by atoms with Gasteiger partial charge in [0.25, 0.3) is 15.7 Å². The van der Waals surface area contributed by atoms with Crippen LogP contribution < -0.4 is 9.46 Å². The molecule has 0 spiro atoms. The number of anilines is 1. The summed E-state index contributed by atoms with van der Waals surface area (Å²) in [6.45, 7) is 0. The van der Waals surface area contributed by atoms with Crippen molar-refractivity contribution in [2.45, 2.75) is 4.90 Å². The first kappa shape index (κ1) is 29.3. The number of nitrogens with one attached hydrogen (secondary N) is 1. The summed E-state index contributed by atoms with van der Waals surface area (Å²) in [5.74, 6) is 0.550. The molecule has 0 radical (unpaired) electrons. The first-order valence-corrected chi connectivity index (χ1v) is 11.1. The van der Waals surface area contributed by atoms with E-state index in [1.165, 1.54) is 19.2 Å². The third kappa shape index (κ3) is 8.22. The molecule has 12 heteroatoms. The van der Waals surface area contributed by atoms with Gasteiger partial charge in [0.2, 0.25) is 0 Å². The number of sulfonamides is 1. The Kier molecular flexibility index (Phi) is 11.6. The fraction of sp³-hybridized carbons (Fsp3) is 0.0435. The van der Waals surface area contributed by atoms with Gasteiger partial charge in [0.05, 0.1) is 28.3 Å². The molecule has 0 fully saturated rings. The van der Waals surface area contributed by atoms with Gasteiger partial charge in [-0.1, -0.05) is 12.1 Å². The smallest absolute Gasteiger partial charge is 0.269 e. The molecular formula is C23H21FN4O5PdS. The summed E-state index contributed by atoms with van der Waals surface area (Å²) in [4.78, 5) is 18.1. The maximum Gasteiger partial charge on any atom is 0.269 e. The molecule has 4 rings (SSSR count). The molecule has 0 amide bonds. The number of nitrogens with zero attached hydrogens (tertiary/aromatic N) is 3. The van der Waals surface area contributed by atoms with E-state index in [4.69, 9.17) is 4.74 Å². The maximum atomic E-state index is 12.7. The molecule has 9 nitrogen and oxygen atoms in total. The second-order valence-electron chi connectivity index (χ2n) is 6.51. The molecule has 2 heterocycles. The minimum Gasteiger partial charge on any atom is -0.497 e. The van der Waals surface area contributed by atoms with E-state index in [1.807, 2.05) is 18.2 Å². The van der Waals surface area contributed by atoms with E-state index in [9.17, 15) is 18.5 Å². The van der Waals surface area contributed by atoms with Crippen LogP contribution in [0.5, 0.6) is 5.75 Å². The number of ether oxygens (including phenoxy) is 1. The van der Waals surface area contributed by atoms with Gasteiger partial charge >= 0.3 is 0 Å². The Balaban J connectivity index is 0.000000671. The first-order valence-electron chi connectivity index (χ1n) is 9.62. The molecule has 1 N–H and O–H groups in total. The summed E-state index contributed by atoms with van der Waals surface area (Å²) >= 11 is 0. The van der Waals surface area contributed by atoms with Crippen molar-refractivity contribution in [3.05, 3.63) is 108 Å². The number of hydrogen-bond acceptors (Lipinski definition) is 7. The molecule has 35 heavy (non-hydrogen) atoms. The quantitative estimate of drug-likeness (QED) is 0.196. The van der Waals surface area contributed by atoms with Crippen LogP contribution in [0, 0.1) is 10.1 Å². The molecule has 186 valence electrons. The molecule has 2 aromatic heterocycles. The summed E-state index contributed by atoms with van der Waals surface area (Å²) in [5.41, 5.74) is 1.23. The number of rotatable bonds is 6. The molecule has 0 aliphatic rings. The van der Waals surface area contributed by atoms with Crippen LogP contribution in [-0.4, -0.2) is 30.4 Å². The Labute approximate surface area is 215 Å². The van der Waals surface area contributed by atoms with E-state index < -0.39 is 14.9 Å². The minimum atomic E-state index is -3.95. The second kappa shape index (κ2) is 13.9. The zero-order valence-electron chi connectivity index (χ0n) is 18.3. The third-order valence-corrected chi connectivity index (χ3v) is 5.72. The monoisotopic (exact) mass is 590 g/mol. The van der Waals surface area contributed by atoms with E-state index in [-0.39, 0.29) is 35.7 Å². The summed E-state index contributed by atoms with van der Waals surface area (Å²) < 4.78 is 33.1. The van der Waals surface area contributed by atoms with Crippen LogP contribution in [0.3, 0.4) is 0 Å². The fourth-order valence-corrected chi connectivity index (χ4v) is 3.82. The van der Waals surface area contributed by atoms with Gasteiger partial charge in [-0.25, -0.2) is 8.42 Å². The second-order valence-corrected chi connectivity index (χ2v) is 8.19. The van der Waals surface area contributed by atoms with Gasteiger partial charge in [-0.3, -0.25) is 29.5 Å². The van der Waals surface area contributed by atoms with Crippen molar-refractivity contribution < 1.29 is 43.2 Å². The number of nitro benzene ring substituents is 1. The van der Waals surface area contributed by atoms with Crippen molar-refractivity contribution in [3.8, 4) is 17.0 Å². The van der Waals surface area contributed by atoms with E-state index in [1.54, 1.807) is 55.0 Å². The molecule has 2 aromatic carbocycles. The summed E-state index contributed by atoms with van der Waals surface area (Å²) in [6, 6.07) is 20.5. The predicted molar refractivity (Wildman–Crippen MR) is 127 cm³/mol. The maximum absolute atomic E-state index is 12.7. The molecule has 4 aromatic rings. The Morgan fingerprint density at radius 1 is 0.914 bits per heavy atom. The normalized spacial score (nSPS) is 9.86. The summed E-state index contributed by atoms with van der Waals surface area (Å²) in [6.07, 6.45) is 5.10. The number of halogens is 1. The Morgan fingerprint density at radius 3 is 2.06 bits per heavy atom. The third-order valence-electron chi connectivity index (χ3n) is 4.34. The van der Waals surface area contributed by atoms with Crippen molar-refractivity contribution in [2.75, 3.05) is 11.8 Å². The SMILES string of the molecule is COc1ccc(NS(=O)(=O)c2ccc([N+](=O)[O-])cc2)c(-c2ccccn2)c1.F.[Pd].c1ccncc1. The van der Waals surface area contributed by atoms with Crippen LogP contribution in [0.1, 0.15) is 0 Å². The molecule has 0 bridgehead atoms. The number of methoxy groups -OCH3 is 1. The van der Waals surface area contributed by atoms with E-state index >= 15 is 0 Å². The molecule has 0 saturated carbocycles. The fourth-order valence-electron chi connectivity index (χ4n) is 2.74. The van der Waals surface area contributed by atoms with E-state index in [0.29, 0.717) is 22.7 Å². The van der Waals surface area contributed by atoms with Gasteiger partial charge in [-0.05, 0) is 54.6 Å². The zero-order valence-corrected chi connectivity index (χ0v) is 20.6. The Bertz CT molecular complexity index is 1290. The number of nitro groups is 1. The number of aromatic nitrogens is 2. The van der Waals surface area contributed by atoms with Gasteiger partial charge in [0, 0.05) is 56.7 Å². The van der Waals surface area contributed by atoms with Crippen LogP contribution in [0.25, 0.3) is 11.3 Å². The van der Waals surface area contributed by atoms with Crippen molar-refractivity contribution in [2.24, 2.45) is 0 Å². The van der Waals surface area contributed by atoms with Gasteiger partial charge in [-0.15, -0.1) is 0 Å². The molecule has 0 aliphatic heterocycles. The van der Waals surface area contributed by atoms with Gasteiger partial charge in [0.1, 0.15) is 5.75 Å². The van der Waals surface area contributed by atoms with Gasteiger partial charge < -0.3 is 4.74 Å². The van der Waals surface area contributed by atoms with Crippen molar-refractivity contribution >= 4 is 21.4 Å². The average molecular weight is 591 g/mol. The topological polar surface area (TPSA) is 124 Å². The Hall–Kier alpha value is -3.72. The summed E-state index contributed by atoms with van der Waals surface area (Å²) in [5, 5.41) is 10.7. The van der Waals surface area contributed by atoms with Gasteiger partial charge in [0.15, 0.2) is 0 Å². The number of pyridine rings is 2. The predicted octanol–water partition coefficient (Wildman–Crippen LogP) is 4.70. The van der Waals surface area contributed by atoms with E-state index in [0.717, 1.165) is 12.1 Å². The van der Waals surface area contributed by atoms with Crippen LogP contribution in [0.2, 0.25) is 0 Å². The standard InChI is InChI=1S/C18H15N3O5S.C5H5N.FH.Pd/c1-26-14-7-10-18(16(12-14)17-4-2-3-11-19-17)20-27(24,25)15-8-5-13(6-9-15)21(22)23;1-2-4-6-5-3-1;;/h2-12,20H,1H3;1-5H;1H;. The van der Waals surface area contributed by atoms with Crippen LogP contribution in [0.4, 0.5) is 16.1 Å². The van der Waals surface area contributed by atoms with Gasteiger partial charge in [-0.2, -0.15) is 0 Å².